The minimum Gasteiger partial charge on any atom is -0.378 e. The molecule has 0 atom stereocenters. The van der Waals surface area contributed by atoms with Crippen molar-refractivity contribution in [2.75, 3.05) is 39.4 Å². The zero-order valence-corrected chi connectivity index (χ0v) is 15.9. The Bertz CT molecular complexity index is 876. The van der Waals surface area contributed by atoms with E-state index < -0.39 is 0 Å². The second kappa shape index (κ2) is 8.52. The van der Waals surface area contributed by atoms with E-state index in [2.05, 4.69) is 4.98 Å². The van der Waals surface area contributed by atoms with E-state index in [1.54, 1.807) is 12.3 Å². The number of carbonyl (C=O) groups excluding carboxylic acids is 2. The number of hydrogen-bond acceptors (Lipinski definition) is 4. The van der Waals surface area contributed by atoms with Gasteiger partial charge in [-0.15, -0.1) is 0 Å². The third kappa shape index (κ3) is 4.07. The van der Waals surface area contributed by atoms with Crippen LogP contribution >= 0.6 is 0 Å². The molecular weight excluding hydrogens is 354 g/mol. The third-order valence-corrected chi connectivity index (χ3v) is 5.55. The number of aromatic nitrogens is 1. The number of nitrogens with zero attached hydrogens (tertiary/aromatic N) is 3. The number of benzene rings is 1. The predicted octanol–water partition coefficient (Wildman–Crippen LogP) is 2.35. The molecule has 2 aliphatic rings. The first-order chi connectivity index (χ1) is 13.7. The summed E-state index contributed by atoms with van der Waals surface area (Å²) < 4.78 is 5.32. The lowest BCUT2D eigenvalue weighted by molar-refractivity contribution is -0.142. The number of carbonyl (C=O) groups is 2. The summed E-state index contributed by atoms with van der Waals surface area (Å²) in [4.78, 5) is 33.4. The molecule has 1 aromatic carbocycles. The fraction of sp³-hybridized carbons (Fsp3) is 0.409. The lowest BCUT2D eigenvalue weighted by Gasteiger charge is -2.35. The molecule has 4 rings (SSSR count). The maximum atomic E-state index is 12.6. The molecule has 0 aliphatic carbocycles. The molecule has 2 aliphatic heterocycles. The van der Waals surface area contributed by atoms with Crippen molar-refractivity contribution in [3.63, 3.8) is 0 Å². The van der Waals surface area contributed by atoms with Crippen LogP contribution in [0.15, 0.2) is 42.6 Å². The number of morpholine rings is 1. The van der Waals surface area contributed by atoms with Crippen LogP contribution in [0.1, 0.15) is 18.4 Å². The first-order valence-corrected chi connectivity index (χ1v) is 9.89. The standard InChI is InChI=1S/C22H25N3O3/c26-20(7-6-18-4-1-3-17-5-2-10-23-21(17)18)24-11-8-19(9-12-24)22(27)25-13-15-28-16-14-25/h1-7,10,19H,8-9,11-16H2/b7-6+. The van der Waals surface area contributed by atoms with Crippen LogP contribution in [0.25, 0.3) is 17.0 Å². The van der Waals surface area contributed by atoms with Crippen molar-refractivity contribution < 1.29 is 14.3 Å². The van der Waals surface area contributed by atoms with E-state index in [1.165, 1.54) is 0 Å². The first-order valence-electron chi connectivity index (χ1n) is 9.89. The van der Waals surface area contributed by atoms with Crippen LogP contribution in [0, 0.1) is 5.92 Å². The summed E-state index contributed by atoms with van der Waals surface area (Å²) in [6.07, 6.45) is 6.67. The molecule has 6 heteroatoms. The van der Waals surface area contributed by atoms with Crippen LogP contribution in [-0.4, -0.2) is 66.0 Å². The first kappa shape index (κ1) is 18.6. The zero-order valence-electron chi connectivity index (χ0n) is 15.9. The van der Waals surface area contributed by atoms with Gasteiger partial charge in [0.25, 0.3) is 0 Å². The number of hydrogen-bond donors (Lipinski definition) is 0. The summed E-state index contributed by atoms with van der Waals surface area (Å²) in [5.74, 6) is 0.228. The predicted molar refractivity (Wildman–Crippen MR) is 107 cm³/mol. The van der Waals surface area contributed by atoms with Crippen LogP contribution in [0.4, 0.5) is 0 Å². The quantitative estimate of drug-likeness (QED) is 0.768. The summed E-state index contributed by atoms with van der Waals surface area (Å²) in [6.45, 7) is 3.85. The maximum Gasteiger partial charge on any atom is 0.246 e. The number of fused-ring (bicyclic) bond motifs is 1. The Morgan fingerprint density at radius 2 is 1.75 bits per heavy atom. The van der Waals surface area contributed by atoms with E-state index in [0.29, 0.717) is 39.4 Å². The van der Waals surface area contributed by atoms with Crippen LogP contribution in [0.3, 0.4) is 0 Å². The minimum absolute atomic E-state index is 0.00907. The van der Waals surface area contributed by atoms with E-state index in [-0.39, 0.29) is 17.7 Å². The van der Waals surface area contributed by atoms with Gasteiger partial charge in [0, 0.05) is 55.3 Å². The van der Waals surface area contributed by atoms with Crippen LogP contribution < -0.4 is 0 Å². The van der Waals surface area contributed by atoms with Crippen LogP contribution in [0.2, 0.25) is 0 Å². The van der Waals surface area contributed by atoms with Gasteiger partial charge in [0.15, 0.2) is 0 Å². The molecule has 2 aromatic rings. The molecule has 2 fully saturated rings. The molecule has 3 heterocycles. The average Bonchev–Trinajstić information content (AvgIpc) is 2.77. The van der Waals surface area contributed by atoms with Crippen molar-refractivity contribution in [2.24, 2.45) is 5.92 Å². The third-order valence-electron chi connectivity index (χ3n) is 5.55. The molecule has 0 bridgehead atoms. The number of amides is 2. The molecule has 1 aromatic heterocycles. The second-order valence-electron chi connectivity index (χ2n) is 7.29. The Morgan fingerprint density at radius 3 is 2.54 bits per heavy atom. The Kier molecular flexibility index (Phi) is 5.67. The fourth-order valence-electron chi connectivity index (χ4n) is 3.92. The van der Waals surface area contributed by atoms with Crippen molar-refractivity contribution in [3.05, 3.63) is 48.2 Å². The topological polar surface area (TPSA) is 62.7 Å². The van der Waals surface area contributed by atoms with Gasteiger partial charge < -0.3 is 14.5 Å². The molecule has 6 nitrogen and oxygen atoms in total. The number of piperidine rings is 1. The maximum absolute atomic E-state index is 12.6. The number of para-hydroxylation sites is 1. The number of rotatable bonds is 3. The highest BCUT2D eigenvalue weighted by atomic mass is 16.5. The Hall–Kier alpha value is -2.73. The Labute approximate surface area is 164 Å². The molecule has 146 valence electrons. The van der Waals surface area contributed by atoms with Crippen LogP contribution in [-0.2, 0) is 14.3 Å². The molecule has 0 saturated carbocycles. The normalized spacial score (nSPS) is 18.7. The SMILES string of the molecule is O=C(/C=C/c1cccc2cccnc12)N1CCC(C(=O)N2CCOCC2)CC1. The summed E-state index contributed by atoms with van der Waals surface area (Å²) >= 11 is 0. The van der Waals surface area contributed by atoms with Crippen molar-refractivity contribution >= 4 is 28.8 Å². The van der Waals surface area contributed by atoms with Gasteiger partial charge in [0.05, 0.1) is 18.7 Å². The highest BCUT2D eigenvalue weighted by Gasteiger charge is 2.30. The summed E-state index contributed by atoms with van der Waals surface area (Å²) in [5, 5.41) is 1.06. The number of likely N-dealkylation sites (tertiary alicyclic amines) is 1. The molecule has 0 radical (unpaired) electrons. The van der Waals surface area contributed by atoms with Gasteiger partial charge in [-0.1, -0.05) is 24.3 Å². The van der Waals surface area contributed by atoms with Crippen LogP contribution in [0.5, 0.6) is 0 Å². The molecule has 0 unspecified atom stereocenters. The van der Waals surface area contributed by atoms with Gasteiger partial charge >= 0.3 is 0 Å². The zero-order chi connectivity index (χ0) is 19.3. The molecule has 2 saturated heterocycles. The Balaban J connectivity index is 1.35. The van der Waals surface area contributed by atoms with Crippen molar-refractivity contribution in [1.29, 1.82) is 0 Å². The Morgan fingerprint density at radius 1 is 1.00 bits per heavy atom. The van der Waals surface area contributed by atoms with Gasteiger partial charge in [0.2, 0.25) is 11.8 Å². The van der Waals surface area contributed by atoms with E-state index in [0.717, 1.165) is 29.3 Å². The highest BCUT2D eigenvalue weighted by Crippen LogP contribution is 2.21. The lowest BCUT2D eigenvalue weighted by atomic mass is 9.95. The summed E-state index contributed by atoms with van der Waals surface area (Å²) in [6, 6.07) is 9.86. The fourth-order valence-corrected chi connectivity index (χ4v) is 3.92. The number of pyridine rings is 1. The van der Waals surface area contributed by atoms with Gasteiger partial charge in [-0.2, -0.15) is 0 Å². The molecule has 0 N–H and O–H groups in total. The lowest BCUT2D eigenvalue weighted by Crippen LogP contribution is -2.47. The van der Waals surface area contributed by atoms with Crippen molar-refractivity contribution in [2.45, 2.75) is 12.8 Å². The number of ether oxygens (including phenoxy) is 1. The van der Waals surface area contributed by atoms with E-state index in [4.69, 9.17) is 4.74 Å². The molecular formula is C22H25N3O3. The largest absolute Gasteiger partial charge is 0.378 e. The van der Waals surface area contributed by atoms with Gasteiger partial charge in [-0.05, 0) is 25.0 Å². The molecule has 0 spiro atoms. The minimum atomic E-state index is -0.00907. The van der Waals surface area contributed by atoms with Gasteiger partial charge in [-0.3, -0.25) is 14.6 Å². The van der Waals surface area contributed by atoms with E-state index in [1.807, 2.05) is 46.2 Å². The molecule has 2 amide bonds. The van der Waals surface area contributed by atoms with Crippen molar-refractivity contribution in [1.82, 2.24) is 14.8 Å². The second-order valence-corrected chi connectivity index (χ2v) is 7.29. The van der Waals surface area contributed by atoms with Crippen molar-refractivity contribution in [3.8, 4) is 0 Å². The summed E-state index contributed by atoms with van der Waals surface area (Å²) in [7, 11) is 0. The highest BCUT2D eigenvalue weighted by molar-refractivity contribution is 5.95. The molecule has 28 heavy (non-hydrogen) atoms. The monoisotopic (exact) mass is 379 g/mol. The smallest absolute Gasteiger partial charge is 0.246 e. The average molecular weight is 379 g/mol. The van der Waals surface area contributed by atoms with E-state index >= 15 is 0 Å². The van der Waals surface area contributed by atoms with Gasteiger partial charge in [-0.25, -0.2) is 0 Å². The summed E-state index contributed by atoms with van der Waals surface area (Å²) in [5.41, 5.74) is 1.83. The van der Waals surface area contributed by atoms with Gasteiger partial charge in [0.1, 0.15) is 0 Å². The van der Waals surface area contributed by atoms with E-state index in [9.17, 15) is 9.59 Å².